The third-order valence-corrected chi connectivity index (χ3v) is 2.88. The molecule has 21 heavy (non-hydrogen) atoms. The first-order valence-corrected chi connectivity index (χ1v) is 6.55. The van der Waals surface area contributed by atoms with Gasteiger partial charge in [-0.25, -0.2) is 9.59 Å². The number of ether oxygens (including phenoxy) is 2. The summed E-state index contributed by atoms with van der Waals surface area (Å²) in [4.78, 5) is 24.9. The van der Waals surface area contributed by atoms with Crippen LogP contribution >= 0.6 is 0 Å². The number of hydrogen-bond acceptors (Lipinski definition) is 4. The minimum Gasteiger partial charge on any atom is -0.467 e. The van der Waals surface area contributed by atoms with E-state index in [0.717, 1.165) is 5.56 Å². The second kappa shape index (κ2) is 8.64. The van der Waals surface area contributed by atoms with Gasteiger partial charge in [-0.15, -0.1) is 5.92 Å². The molecule has 0 spiro atoms. The van der Waals surface area contributed by atoms with E-state index in [1.807, 2.05) is 30.3 Å². The fourth-order valence-corrected chi connectivity index (χ4v) is 1.62. The van der Waals surface area contributed by atoms with Crippen LogP contribution in [0, 0.1) is 11.8 Å². The molecule has 1 aromatic carbocycles. The Hall–Kier alpha value is -2.48. The van der Waals surface area contributed by atoms with Crippen molar-refractivity contribution in [3.8, 4) is 11.8 Å². The smallest absolute Gasteiger partial charge is 0.411 e. The zero-order valence-electron chi connectivity index (χ0n) is 12.5. The molecule has 0 fully saturated rings. The van der Waals surface area contributed by atoms with Crippen molar-refractivity contribution >= 4 is 12.1 Å². The van der Waals surface area contributed by atoms with Crippen LogP contribution in [0.2, 0.25) is 0 Å². The Balaban J connectivity index is 2.70. The molecule has 5 heteroatoms. The summed E-state index contributed by atoms with van der Waals surface area (Å²) >= 11 is 0. The van der Waals surface area contributed by atoms with Gasteiger partial charge in [0.2, 0.25) is 0 Å². The third-order valence-electron chi connectivity index (χ3n) is 2.88. The molecule has 0 unspecified atom stereocenters. The minimum atomic E-state index is -0.751. The van der Waals surface area contributed by atoms with E-state index in [0.29, 0.717) is 0 Å². The Morgan fingerprint density at radius 2 is 1.95 bits per heavy atom. The number of rotatable bonds is 5. The molecular formula is C16H19NO4. The number of esters is 1. The molecule has 0 aliphatic heterocycles. The molecule has 0 aromatic heterocycles. The zero-order chi connectivity index (χ0) is 15.7. The lowest BCUT2D eigenvalue weighted by Gasteiger charge is -2.24. The van der Waals surface area contributed by atoms with Crippen molar-refractivity contribution in [2.75, 3.05) is 13.7 Å². The number of carbonyl (C=O) groups is 2. The van der Waals surface area contributed by atoms with Crippen molar-refractivity contribution in [2.24, 2.45) is 0 Å². The van der Waals surface area contributed by atoms with Crippen molar-refractivity contribution in [1.82, 2.24) is 4.90 Å². The van der Waals surface area contributed by atoms with Crippen molar-refractivity contribution in [3.63, 3.8) is 0 Å². The van der Waals surface area contributed by atoms with Crippen LogP contribution in [0.1, 0.15) is 19.4 Å². The lowest BCUT2D eigenvalue weighted by atomic mass is 10.2. The van der Waals surface area contributed by atoms with Crippen LogP contribution in [0.4, 0.5) is 4.79 Å². The molecule has 0 aliphatic rings. The molecule has 1 rings (SSSR count). The normalized spacial score (nSPS) is 10.8. The van der Waals surface area contributed by atoms with Crippen molar-refractivity contribution in [1.29, 1.82) is 0 Å². The lowest BCUT2D eigenvalue weighted by molar-refractivity contribution is -0.145. The molecule has 1 amide bonds. The minimum absolute atomic E-state index is 0.111. The van der Waals surface area contributed by atoms with Crippen LogP contribution in [0.3, 0.4) is 0 Å². The molecule has 0 heterocycles. The largest absolute Gasteiger partial charge is 0.467 e. The highest BCUT2D eigenvalue weighted by Gasteiger charge is 2.27. The Bertz CT molecular complexity index is 530. The summed E-state index contributed by atoms with van der Waals surface area (Å²) in [5, 5.41) is 0. The Morgan fingerprint density at radius 1 is 1.29 bits per heavy atom. The van der Waals surface area contributed by atoms with E-state index in [2.05, 4.69) is 16.6 Å². The van der Waals surface area contributed by atoms with Gasteiger partial charge in [0.15, 0.2) is 0 Å². The van der Waals surface area contributed by atoms with Gasteiger partial charge in [0.05, 0.1) is 13.7 Å². The van der Waals surface area contributed by atoms with Gasteiger partial charge >= 0.3 is 12.1 Å². The molecule has 0 saturated heterocycles. The summed E-state index contributed by atoms with van der Waals surface area (Å²) in [6.45, 7) is 3.49. The summed E-state index contributed by atoms with van der Waals surface area (Å²) in [7, 11) is 1.28. The monoisotopic (exact) mass is 289 g/mol. The molecular weight excluding hydrogens is 270 g/mol. The molecule has 112 valence electrons. The van der Waals surface area contributed by atoms with Gasteiger partial charge in [-0.1, -0.05) is 36.3 Å². The molecule has 5 nitrogen and oxygen atoms in total. The molecule has 0 N–H and O–H groups in total. The number of hydrogen-bond donors (Lipinski definition) is 0. The molecule has 0 saturated carbocycles. The fraction of sp³-hybridized carbons (Fsp3) is 0.375. The van der Waals surface area contributed by atoms with Gasteiger partial charge in [0.1, 0.15) is 12.6 Å². The first-order chi connectivity index (χ1) is 10.1. The molecule has 0 radical (unpaired) electrons. The Labute approximate surface area is 124 Å². The van der Waals surface area contributed by atoms with Gasteiger partial charge in [0.25, 0.3) is 0 Å². The first kappa shape index (κ1) is 16.6. The van der Waals surface area contributed by atoms with Crippen molar-refractivity contribution in [3.05, 3.63) is 35.9 Å². The van der Waals surface area contributed by atoms with Gasteiger partial charge in [-0.3, -0.25) is 4.90 Å². The van der Waals surface area contributed by atoms with E-state index in [1.54, 1.807) is 13.8 Å². The van der Waals surface area contributed by atoms with Crippen LogP contribution in [0.15, 0.2) is 30.3 Å². The maximum absolute atomic E-state index is 12.1. The highest BCUT2D eigenvalue weighted by atomic mass is 16.6. The lowest BCUT2D eigenvalue weighted by Crippen LogP contribution is -2.44. The average Bonchev–Trinajstić information content (AvgIpc) is 2.53. The predicted molar refractivity (Wildman–Crippen MR) is 78.3 cm³/mol. The highest BCUT2D eigenvalue weighted by molar-refractivity contribution is 5.81. The summed E-state index contributed by atoms with van der Waals surface area (Å²) in [5.74, 6) is 4.93. The van der Waals surface area contributed by atoms with Crippen LogP contribution < -0.4 is 0 Å². The quantitative estimate of drug-likeness (QED) is 0.616. The zero-order valence-corrected chi connectivity index (χ0v) is 12.5. The fourth-order valence-electron chi connectivity index (χ4n) is 1.62. The number of amides is 1. The maximum Gasteiger partial charge on any atom is 0.411 e. The second-order valence-corrected chi connectivity index (χ2v) is 4.29. The summed E-state index contributed by atoms with van der Waals surface area (Å²) < 4.78 is 9.86. The van der Waals surface area contributed by atoms with E-state index in [1.165, 1.54) is 12.0 Å². The Morgan fingerprint density at radius 3 is 2.52 bits per heavy atom. The number of nitrogens with zero attached hydrogens (tertiary/aromatic N) is 1. The highest BCUT2D eigenvalue weighted by Crippen LogP contribution is 2.07. The second-order valence-electron chi connectivity index (χ2n) is 4.29. The van der Waals surface area contributed by atoms with Crippen LogP contribution in [0.5, 0.6) is 0 Å². The van der Waals surface area contributed by atoms with E-state index in [9.17, 15) is 9.59 Å². The van der Waals surface area contributed by atoms with Crippen molar-refractivity contribution < 1.29 is 19.1 Å². The molecule has 1 atom stereocenters. The standard InChI is InChI=1S/C16H19NO4/c1-4-5-11-17(13(2)15(18)20-3)16(19)21-12-14-9-7-6-8-10-14/h6-10,13H,11-12H2,1-3H3/t13-/m1/s1. The molecule has 0 aliphatic carbocycles. The van der Waals surface area contributed by atoms with Gasteiger partial charge < -0.3 is 9.47 Å². The first-order valence-electron chi connectivity index (χ1n) is 6.55. The average molecular weight is 289 g/mol. The molecule has 1 aromatic rings. The number of methoxy groups -OCH3 is 1. The van der Waals surface area contributed by atoms with Gasteiger partial charge in [-0.05, 0) is 19.4 Å². The third kappa shape index (κ3) is 5.19. The van der Waals surface area contributed by atoms with Crippen LogP contribution in [0.25, 0.3) is 0 Å². The Kier molecular flexibility index (Phi) is 6.82. The van der Waals surface area contributed by atoms with Crippen LogP contribution in [-0.4, -0.2) is 36.7 Å². The SMILES string of the molecule is CC#CCN(C(=O)OCc1ccccc1)[C@H](C)C(=O)OC. The van der Waals surface area contributed by atoms with Gasteiger partial charge in [0, 0.05) is 0 Å². The molecule has 0 bridgehead atoms. The maximum atomic E-state index is 12.1. The van der Waals surface area contributed by atoms with Gasteiger partial charge in [-0.2, -0.15) is 0 Å². The van der Waals surface area contributed by atoms with E-state index in [4.69, 9.17) is 4.74 Å². The van der Waals surface area contributed by atoms with Crippen molar-refractivity contribution in [2.45, 2.75) is 26.5 Å². The summed E-state index contributed by atoms with van der Waals surface area (Å²) in [6, 6.07) is 8.56. The predicted octanol–water partition coefficient (Wildman–Crippen LogP) is 2.21. The summed E-state index contributed by atoms with van der Waals surface area (Å²) in [5.41, 5.74) is 0.873. The topological polar surface area (TPSA) is 55.8 Å². The number of benzene rings is 1. The van der Waals surface area contributed by atoms with E-state index < -0.39 is 18.1 Å². The number of carbonyl (C=O) groups excluding carboxylic acids is 2. The van der Waals surface area contributed by atoms with Crippen LogP contribution in [-0.2, 0) is 20.9 Å². The van der Waals surface area contributed by atoms with E-state index in [-0.39, 0.29) is 13.2 Å². The summed E-state index contributed by atoms with van der Waals surface area (Å²) in [6.07, 6.45) is -0.598. The van der Waals surface area contributed by atoms with E-state index >= 15 is 0 Å².